The van der Waals surface area contributed by atoms with Gasteiger partial charge in [-0.15, -0.1) is 0 Å². The third kappa shape index (κ3) is 3.08. The Bertz CT molecular complexity index is 1110. The van der Waals surface area contributed by atoms with Gasteiger partial charge in [-0.1, -0.05) is 23.4 Å². The van der Waals surface area contributed by atoms with E-state index < -0.39 is 0 Å². The minimum absolute atomic E-state index is 0.00267. The summed E-state index contributed by atoms with van der Waals surface area (Å²) in [6, 6.07) is 14.3. The van der Waals surface area contributed by atoms with Crippen molar-refractivity contribution in [3.05, 3.63) is 53.1 Å². The Morgan fingerprint density at radius 2 is 2.17 bits per heavy atom. The van der Waals surface area contributed by atoms with Gasteiger partial charge in [-0.3, -0.25) is 0 Å². The van der Waals surface area contributed by atoms with E-state index in [1.807, 2.05) is 19.9 Å². The zero-order valence-electron chi connectivity index (χ0n) is 16.5. The summed E-state index contributed by atoms with van der Waals surface area (Å²) >= 11 is 0. The third-order valence-corrected chi connectivity index (χ3v) is 5.74. The van der Waals surface area contributed by atoms with Crippen LogP contribution >= 0.6 is 0 Å². The summed E-state index contributed by atoms with van der Waals surface area (Å²) in [5, 5.41) is 17.3. The van der Waals surface area contributed by atoms with Gasteiger partial charge in [-0.2, -0.15) is 10.2 Å². The number of benzene rings is 2. The molecule has 1 fully saturated rings. The van der Waals surface area contributed by atoms with Gasteiger partial charge in [0.1, 0.15) is 11.8 Å². The minimum atomic E-state index is -0.00267. The van der Waals surface area contributed by atoms with Crippen LogP contribution in [0.15, 0.2) is 40.9 Å². The number of rotatable bonds is 4. The van der Waals surface area contributed by atoms with Gasteiger partial charge in [-0.05, 0) is 68.5 Å². The molecule has 5 rings (SSSR count). The number of fused-ring (bicyclic) bond motifs is 3. The van der Waals surface area contributed by atoms with Crippen LogP contribution in [0.2, 0.25) is 0 Å². The molecule has 2 aromatic carbocycles. The van der Waals surface area contributed by atoms with Crippen LogP contribution in [-0.2, 0) is 6.42 Å². The zero-order chi connectivity index (χ0) is 20.0. The fraction of sp³-hybridized carbons (Fsp3) is 0.348. The average molecular weight is 386 g/mol. The van der Waals surface area contributed by atoms with Gasteiger partial charge >= 0.3 is 0 Å². The van der Waals surface area contributed by atoms with Crippen LogP contribution in [0.4, 0.5) is 0 Å². The first-order valence-electron chi connectivity index (χ1n) is 10.0. The molecule has 2 atom stereocenters. The lowest BCUT2D eigenvalue weighted by molar-refractivity contribution is 0.242. The summed E-state index contributed by atoms with van der Waals surface area (Å²) in [4.78, 5) is 4.64. The lowest BCUT2D eigenvalue weighted by Crippen LogP contribution is -2.13. The highest BCUT2D eigenvalue weighted by Gasteiger charge is 2.37. The first-order chi connectivity index (χ1) is 14.1. The molecular weight excluding hydrogens is 364 g/mol. The maximum atomic E-state index is 9.47. The molecule has 6 heteroatoms. The van der Waals surface area contributed by atoms with Gasteiger partial charge in [0.25, 0.3) is 5.89 Å². The predicted molar refractivity (Wildman–Crippen MR) is 108 cm³/mol. The number of aromatic nitrogens is 2. The third-order valence-electron chi connectivity index (χ3n) is 5.74. The van der Waals surface area contributed by atoms with Crippen LogP contribution in [-0.4, -0.2) is 22.8 Å². The summed E-state index contributed by atoms with van der Waals surface area (Å²) in [7, 11) is 0. The molecule has 146 valence electrons. The summed E-state index contributed by atoms with van der Waals surface area (Å²) in [5.41, 5.74) is 4.88. The number of hydrogen-bond donors (Lipinski definition) is 1. The lowest BCUT2D eigenvalue weighted by atomic mass is 10.0. The Morgan fingerprint density at radius 1 is 1.28 bits per heavy atom. The van der Waals surface area contributed by atoms with Gasteiger partial charge in [0.05, 0.1) is 11.7 Å². The Balaban J connectivity index is 1.49. The summed E-state index contributed by atoms with van der Waals surface area (Å²) in [5.74, 6) is 2.22. The molecule has 2 aliphatic rings. The van der Waals surface area contributed by atoms with Crippen molar-refractivity contribution in [2.45, 2.75) is 38.8 Å². The second-order valence-corrected chi connectivity index (χ2v) is 7.97. The summed E-state index contributed by atoms with van der Waals surface area (Å²) in [6.07, 6.45) is 2.25. The number of ether oxygens (including phenoxy) is 1. The molecule has 29 heavy (non-hydrogen) atoms. The summed E-state index contributed by atoms with van der Waals surface area (Å²) < 4.78 is 11.2. The van der Waals surface area contributed by atoms with Crippen molar-refractivity contribution in [1.82, 2.24) is 15.5 Å². The SMILES string of the molecule is CC(C)Oc1ccc(-c2nc(-c3cccc4c3C[C@@H]3CCNC43)no2)cc1C#N. The molecule has 1 unspecified atom stereocenters. The Hall–Kier alpha value is -3.17. The van der Waals surface area contributed by atoms with Crippen LogP contribution in [0.25, 0.3) is 22.8 Å². The number of nitrogens with zero attached hydrogens (tertiary/aromatic N) is 3. The van der Waals surface area contributed by atoms with E-state index in [0.29, 0.717) is 40.6 Å². The zero-order valence-corrected chi connectivity index (χ0v) is 16.5. The first kappa shape index (κ1) is 17.9. The highest BCUT2D eigenvalue weighted by molar-refractivity contribution is 5.67. The van der Waals surface area contributed by atoms with Crippen molar-refractivity contribution in [3.63, 3.8) is 0 Å². The summed E-state index contributed by atoms with van der Waals surface area (Å²) in [6.45, 7) is 4.95. The monoisotopic (exact) mass is 386 g/mol. The molecule has 1 aliphatic carbocycles. The van der Waals surface area contributed by atoms with Crippen LogP contribution < -0.4 is 10.1 Å². The standard InChI is InChI=1S/C23H22N4O2/c1-13(2)28-20-7-6-15(10-16(20)12-24)23-26-22(27-29-23)18-5-3-4-17-19(18)11-14-8-9-25-21(14)17/h3-7,10,13-14,21,25H,8-9,11H2,1-2H3/t14-,21?/m0/s1. The molecule has 1 aromatic heterocycles. The molecule has 6 nitrogen and oxygen atoms in total. The predicted octanol–water partition coefficient (Wildman–Crippen LogP) is 4.27. The number of nitrogens with one attached hydrogen (secondary N) is 1. The molecule has 0 radical (unpaired) electrons. The van der Waals surface area contributed by atoms with Crippen molar-refractivity contribution in [3.8, 4) is 34.7 Å². The Morgan fingerprint density at radius 3 is 3.00 bits per heavy atom. The van der Waals surface area contributed by atoms with Gasteiger partial charge in [0, 0.05) is 17.2 Å². The Kier molecular flexibility index (Phi) is 4.33. The molecule has 1 saturated heterocycles. The van der Waals surface area contributed by atoms with E-state index in [1.165, 1.54) is 17.5 Å². The molecule has 0 bridgehead atoms. The van der Waals surface area contributed by atoms with Crippen LogP contribution in [0.3, 0.4) is 0 Å². The highest BCUT2D eigenvalue weighted by Crippen LogP contribution is 2.44. The van der Waals surface area contributed by atoms with Crippen molar-refractivity contribution in [1.29, 1.82) is 5.26 Å². The van der Waals surface area contributed by atoms with E-state index in [0.717, 1.165) is 18.5 Å². The molecule has 0 amide bonds. The smallest absolute Gasteiger partial charge is 0.258 e. The largest absolute Gasteiger partial charge is 0.490 e. The fourth-order valence-corrected chi connectivity index (χ4v) is 4.49. The maximum absolute atomic E-state index is 9.47. The lowest BCUT2D eigenvalue weighted by Gasteiger charge is -2.11. The van der Waals surface area contributed by atoms with Gasteiger partial charge in [-0.25, -0.2) is 0 Å². The molecule has 0 saturated carbocycles. The molecule has 2 heterocycles. The molecule has 0 spiro atoms. The number of nitriles is 1. The second-order valence-electron chi connectivity index (χ2n) is 7.97. The van der Waals surface area contributed by atoms with E-state index in [2.05, 4.69) is 39.7 Å². The molecule has 1 N–H and O–H groups in total. The van der Waals surface area contributed by atoms with Crippen LogP contribution in [0.5, 0.6) is 5.75 Å². The van der Waals surface area contributed by atoms with Crippen molar-refractivity contribution >= 4 is 0 Å². The van der Waals surface area contributed by atoms with E-state index in [1.54, 1.807) is 12.1 Å². The van der Waals surface area contributed by atoms with E-state index in [-0.39, 0.29) is 6.10 Å². The van der Waals surface area contributed by atoms with Crippen LogP contribution in [0, 0.1) is 17.2 Å². The topological polar surface area (TPSA) is 84.0 Å². The fourth-order valence-electron chi connectivity index (χ4n) is 4.49. The van der Waals surface area contributed by atoms with E-state index >= 15 is 0 Å². The van der Waals surface area contributed by atoms with E-state index in [4.69, 9.17) is 9.26 Å². The normalized spacial score (nSPS) is 19.8. The highest BCUT2D eigenvalue weighted by atomic mass is 16.5. The van der Waals surface area contributed by atoms with Crippen molar-refractivity contribution < 1.29 is 9.26 Å². The number of hydrogen-bond acceptors (Lipinski definition) is 6. The maximum Gasteiger partial charge on any atom is 0.258 e. The molecule has 3 aromatic rings. The first-order valence-corrected chi connectivity index (χ1v) is 10.0. The quantitative estimate of drug-likeness (QED) is 0.721. The van der Waals surface area contributed by atoms with Gasteiger partial charge < -0.3 is 14.6 Å². The van der Waals surface area contributed by atoms with Crippen molar-refractivity contribution in [2.75, 3.05) is 6.54 Å². The second kappa shape index (κ2) is 7.02. The average Bonchev–Trinajstić information content (AvgIpc) is 3.43. The Labute approximate surface area is 169 Å². The van der Waals surface area contributed by atoms with Gasteiger partial charge in [0.2, 0.25) is 5.82 Å². The molecule has 1 aliphatic heterocycles. The van der Waals surface area contributed by atoms with E-state index in [9.17, 15) is 5.26 Å². The van der Waals surface area contributed by atoms with Crippen LogP contribution in [0.1, 0.15) is 43.0 Å². The minimum Gasteiger partial charge on any atom is -0.490 e. The van der Waals surface area contributed by atoms with Crippen molar-refractivity contribution in [2.24, 2.45) is 5.92 Å². The molecular formula is C23H22N4O2. The van der Waals surface area contributed by atoms with Gasteiger partial charge in [0.15, 0.2) is 0 Å².